The van der Waals surface area contributed by atoms with E-state index in [1.165, 1.54) is 0 Å². The summed E-state index contributed by atoms with van der Waals surface area (Å²) < 4.78 is 34.9. The fourth-order valence-corrected chi connectivity index (χ4v) is 3.29. The van der Waals surface area contributed by atoms with Crippen molar-refractivity contribution < 1.29 is 17.1 Å². The van der Waals surface area contributed by atoms with Gasteiger partial charge in [-0.1, -0.05) is 30.6 Å². The molecular formula is C18H18N2O4S. The number of hydrogen-bond donors (Lipinski definition) is 0. The SMILES string of the molecule is CCCc1ccc(S(=O)(=O)Oc2ccc(-c3noc(C)n3)cc2)cc1. The fourth-order valence-electron chi connectivity index (χ4n) is 2.36. The summed E-state index contributed by atoms with van der Waals surface area (Å²) >= 11 is 0. The molecule has 7 heteroatoms. The quantitative estimate of drug-likeness (QED) is 0.624. The Kier molecular flexibility index (Phi) is 4.85. The molecule has 0 aliphatic heterocycles. The van der Waals surface area contributed by atoms with E-state index in [1.54, 1.807) is 55.5 Å². The Balaban J connectivity index is 1.76. The first kappa shape index (κ1) is 17.2. The van der Waals surface area contributed by atoms with Gasteiger partial charge in [-0.25, -0.2) is 0 Å². The first-order valence-corrected chi connectivity index (χ1v) is 9.33. The minimum Gasteiger partial charge on any atom is -0.379 e. The molecule has 0 amide bonds. The maximum absolute atomic E-state index is 12.4. The number of aromatic nitrogens is 2. The Labute approximate surface area is 146 Å². The van der Waals surface area contributed by atoms with E-state index in [4.69, 9.17) is 8.71 Å². The van der Waals surface area contributed by atoms with Gasteiger partial charge in [-0.3, -0.25) is 0 Å². The highest BCUT2D eigenvalue weighted by Gasteiger charge is 2.17. The molecule has 25 heavy (non-hydrogen) atoms. The molecule has 130 valence electrons. The third-order valence-corrected chi connectivity index (χ3v) is 4.86. The van der Waals surface area contributed by atoms with Gasteiger partial charge in [-0.15, -0.1) is 0 Å². The van der Waals surface area contributed by atoms with Gasteiger partial charge in [0.2, 0.25) is 11.7 Å². The Morgan fingerprint density at radius 1 is 1.04 bits per heavy atom. The second-order valence-corrected chi connectivity index (χ2v) is 7.14. The van der Waals surface area contributed by atoms with Gasteiger partial charge in [0.25, 0.3) is 0 Å². The lowest BCUT2D eigenvalue weighted by atomic mass is 10.1. The second-order valence-electron chi connectivity index (χ2n) is 5.59. The van der Waals surface area contributed by atoms with Crippen LogP contribution < -0.4 is 4.18 Å². The molecule has 6 nitrogen and oxygen atoms in total. The van der Waals surface area contributed by atoms with Crippen molar-refractivity contribution in [1.82, 2.24) is 10.1 Å². The number of nitrogens with zero attached hydrogens (tertiary/aromatic N) is 2. The van der Waals surface area contributed by atoms with Crippen LogP contribution in [0.4, 0.5) is 0 Å². The lowest BCUT2D eigenvalue weighted by molar-refractivity contribution is 0.394. The van der Waals surface area contributed by atoms with Gasteiger partial charge in [0, 0.05) is 12.5 Å². The average molecular weight is 358 g/mol. The van der Waals surface area contributed by atoms with E-state index in [9.17, 15) is 8.42 Å². The van der Waals surface area contributed by atoms with Crippen LogP contribution in [0, 0.1) is 6.92 Å². The molecule has 3 aromatic rings. The van der Waals surface area contributed by atoms with Crippen LogP contribution in [0.25, 0.3) is 11.4 Å². The summed E-state index contributed by atoms with van der Waals surface area (Å²) in [6.45, 7) is 3.78. The fraction of sp³-hybridized carbons (Fsp3) is 0.222. The van der Waals surface area contributed by atoms with Gasteiger partial charge < -0.3 is 8.71 Å². The van der Waals surface area contributed by atoms with Crippen LogP contribution in [0.5, 0.6) is 5.75 Å². The number of benzene rings is 2. The van der Waals surface area contributed by atoms with Crippen molar-refractivity contribution in [2.45, 2.75) is 31.6 Å². The Hall–Kier alpha value is -2.67. The van der Waals surface area contributed by atoms with E-state index in [0.717, 1.165) is 18.4 Å². The van der Waals surface area contributed by atoms with Crippen LogP contribution >= 0.6 is 0 Å². The summed E-state index contributed by atoms with van der Waals surface area (Å²) in [6, 6.07) is 13.2. The monoisotopic (exact) mass is 358 g/mol. The summed E-state index contributed by atoms with van der Waals surface area (Å²) in [6.07, 6.45) is 1.92. The minimum atomic E-state index is -3.87. The zero-order valence-electron chi connectivity index (χ0n) is 14.0. The van der Waals surface area contributed by atoms with Crippen molar-refractivity contribution in [3.63, 3.8) is 0 Å². The summed E-state index contributed by atoms with van der Waals surface area (Å²) in [4.78, 5) is 4.25. The third kappa shape index (κ3) is 4.06. The largest absolute Gasteiger partial charge is 0.379 e. The first-order valence-electron chi connectivity index (χ1n) is 7.92. The van der Waals surface area contributed by atoms with Crippen LogP contribution in [0.2, 0.25) is 0 Å². The highest BCUT2D eigenvalue weighted by molar-refractivity contribution is 7.87. The van der Waals surface area contributed by atoms with E-state index in [-0.39, 0.29) is 10.6 Å². The predicted molar refractivity (Wildman–Crippen MR) is 92.7 cm³/mol. The average Bonchev–Trinajstić information content (AvgIpc) is 3.02. The molecule has 0 aliphatic carbocycles. The van der Waals surface area contributed by atoms with Crippen LogP contribution in [0.15, 0.2) is 57.9 Å². The molecule has 0 radical (unpaired) electrons. The molecule has 0 saturated heterocycles. The van der Waals surface area contributed by atoms with Crippen LogP contribution in [0.1, 0.15) is 24.8 Å². The van der Waals surface area contributed by atoms with Gasteiger partial charge >= 0.3 is 10.1 Å². The highest BCUT2D eigenvalue weighted by Crippen LogP contribution is 2.23. The van der Waals surface area contributed by atoms with Crippen molar-refractivity contribution in [2.75, 3.05) is 0 Å². The van der Waals surface area contributed by atoms with Gasteiger partial charge in [0.1, 0.15) is 10.6 Å². The Morgan fingerprint density at radius 2 is 1.72 bits per heavy atom. The molecule has 0 spiro atoms. The summed E-state index contributed by atoms with van der Waals surface area (Å²) in [7, 11) is -3.87. The van der Waals surface area contributed by atoms with E-state index >= 15 is 0 Å². The van der Waals surface area contributed by atoms with E-state index in [1.807, 2.05) is 0 Å². The highest BCUT2D eigenvalue weighted by atomic mass is 32.2. The summed E-state index contributed by atoms with van der Waals surface area (Å²) in [5, 5.41) is 3.82. The molecular weight excluding hydrogens is 340 g/mol. The predicted octanol–water partition coefficient (Wildman–Crippen LogP) is 3.77. The third-order valence-electron chi connectivity index (χ3n) is 3.60. The van der Waals surface area contributed by atoms with E-state index < -0.39 is 10.1 Å². The topological polar surface area (TPSA) is 82.3 Å². The lowest BCUT2D eigenvalue weighted by Crippen LogP contribution is -2.09. The molecule has 0 saturated carbocycles. The zero-order chi connectivity index (χ0) is 17.9. The molecule has 0 aliphatic rings. The molecule has 0 bridgehead atoms. The first-order chi connectivity index (χ1) is 12.0. The Bertz CT molecular complexity index is 946. The number of aryl methyl sites for hydroxylation is 2. The molecule has 0 atom stereocenters. The molecule has 0 unspecified atom stereocenters. The Morgan fingerprint density at radius 3 is 2.28 bits per heavy atom. The van der Waals surface area contributed by atoms with Crippen LogP contribution in [-0.4, -0.2) is 18.6 Å². The van der Waals surface area contributed by atoms with Crippen molar-refractivity contribution in [2.24, 2.45) is 0 Å². The smallest absolute Gasteiger partial charge is 0.339 e. The van der Waals surface area contributed by atoms with Gasteiger partial charge in [0.15, 0.2) is 0 Å². The molecule has 1 aromatic heterocycles. The van der Waals surface area contributed by atoms with Crippen molar-refractivity contribution >= 4 is 10.1 Å². The molecule has 0 N–H and O–H groups in total. The van der Waals surface area contributed by atoms with Crippen molar-refractivity contribution in [1.29, 1.82) is 0 Å². The lowest BCUT2D eigenvalue weighted by Gasteiger charge is -2.08. The van der Waals surface area contributed by atoms with Crippen molar-refractivity contribution in [3.05, 3.63) is 60.0 Å². The normalized spacial score (nSPS) is 11.4. The molecule has 2 aromatic carbocycles. The maximum atomic E-state index is 12.4. The molecule has 1 heterocycles. The van der Waals surface area contributed by atoms with Gasteiger partial charge in [-0.2, -0.15) is 13.4 Å². The summed E-state index contributed by atoms with van der Waals surface area (Å²) in [5.74, 6) is 1.13. The van der Waals surface area contributed by atoms with Crippen LogP contribution in [-0.2, 0) is 16.5 Å². The van der Waals surface area contributed by atoms with Crippen LogP contribution in [0.3, 0.4) is 0 Å². The maximum Gasteiger partial charge on any atom is 0.339 e. The van der Waals surface area contributed by atoms with E-state index in [0.29, 0.717) is 17.3 Å². The van der Waals surface area contributed by atoms with E-state index in [2.05, 4.69) is 17.1 Å². The minimum absolute atomic E-state index is 0.130. The van der Waals surface area contributed by atoms with Gasteiger partial charge in [-0.05, 0) is 48.4 Å². The van der Waals surface area contributed by atoms with Gasteiger partial charge in [0.05, 0.1) is 0 Å². The second kappa shape index (κ2) is 7.06. The van der Waals surface area contributed by atoms with Crippen molar-refractivity contribution in [3.8, 4) is 17.1 Å². The molecule has 0 fully saturated rings. The molecule has 3 rings (SSSR count). The zero-order valence-corrected chi connectivity index (χ0v) is 14.8. The standard InChI is InChI=1S/C18H18N2O4S/c1-3-4-14-5-11-17(12-6-14)25(21,22)24-16-9-7-15(8-10-16)18-19-13(2)23-20-18/h5-12H,3-4H2,1-2H3. The number of hydrogen-bond acceptors (Lipinski definition) is 6. The number of rotatable bonds is 6. The summed E-state index contributed by atoms with van der Waals surface area (Å²) in [5.41, 5.74) is 1.81.